The third-order valence-corrected chi connectivity index (χ3v) is 2.44. The number of hydrogen-bond donors (Lipinski definition) is 1. The fourth-order valence-corrected chi connectivity index (χ4v) is 1.59. The maximum absolute atomic E-state index is 10.7. The van der Waals surface area contributed by atoms with Gasteiger partial charge in [-0.15, -0.1) is 15.3 Å². The van der Waals surface area contributed by atoms with Crippen molar-refractivity contribution in [3.05, 3.63) is 42.1 Å². The van der Waals surface area contributed by atoms with Gasteiger partial charge in [-0.25, -0.2) is 4.79 Å². The summed E-state index contributed by atoms with van der Waals surface area (Å²) in [6, 6.07) is 10.3. The Balaban J connectivity index is 2.12. The number of aromatic carboxylic acids is 1. The van der Waals surface area contributed by atoms with Crippen LogP contribution in [0.5, 0.6) is 0 Å². The normalized spacial score (nSPS) is 10.7. The number of benzene rings is 1. The topological polar surface area (TPSA) is 93.8 Å². The van der Waals surface area contributed by atoms with E-state index >= 15 is 0 Å². The molecule has 0 amide bonds. The predicted molar refractivity (Wildman–Crippen MR) is 61.4 cm³/mol. The summed E-state index contributed by atoms with van der Waals surface area (Å²) in [4.78, 5) is 10.7. The first-order chi connectivity index (χ1) is 8.75. The molecule has 88 valence electrons. The van der Waals surface area contributed by atoms with Gasteiger partial charge in [0.1, 0.15) is 5.52 Å². The summed E-state index contributed by atoms with van der Waals surface area (Å²) in [5.74, 6) is -0.689. The number of carbonyl (C=O) groups is 1. The smallest absolute Gasteiger partial charge is 0.356 e. The zero-order chi connectivity index (χ0) is 12.5. The van der Waals surface area contributed by atoms with Crippen LogP contribution in [0.15, 0.2) is 36.4 Å². The second-order valence-electron chi connectivity index (χ2n) is 3.57. The van der Waals surface area contributed by atoms with Crippen LogP contribution in [0.3, 0.4) is 0 Å². The molecule has 1 N–H and O–H groups in total. The van der Waals surface area contributed by atoms with Crippen LogP contribution in [0.1, 0.15) is 10.5 Å². The molecule has 3 rings (SSSR count). The van der Waals surface area contributed by atoms with Gasteiger partial charge >= 0.3 is 5.97 Å². The molecule has 0 aliphatic rings. The average molecular weight is 241 g/mol. The molecule has 0 radical (unpaired) electrons. The molecule has 0 fully saturated rings. The molecular weight excluding hydrogens is 234 g/mol. The van der Waals surface area contributed by atoms with Gasteiger partial charge in [-0.3, -0.25) is 0 Å². The lowest BCUT2D eigenvalue weighted by molar-refractivity contribution is 0.0689. The van der Waals surface area contributed by atoms with Crippen molar-refractivity contribution in [1.29, 1.82) is 0 Å². The highest BCUT2D eigenvalue weighted by Crippen LogP contribution is 2.13. The molecule has 0 aliphatic carbocycles. The van der Waals surface area contributed by atoms with E-state index in [2.05, 4.69) is 20.5 Å². The first-order valence-electron chi connectivity index (χ1n) is 5.13. The van der Waals surface area contributed by atoms with Crippen molar-refractivity contribution < 1.29 is 9.90 Å². The van der Waals surface area contributed by atoms with Crippen LogP contribution in [-0.4, -0.2) is 36.3 Å². The minimum atomic E-state index is -1.11. The molecule has 1 aromatic carbocycles. The third kappa shape index (κ3) is 1.58. The predicted octanol–water partition coefficient (Wildman–Crippen LogP) is 0.909. The first kappa shape index (κ1) is 10.3. The molecular formula is C11H7N5O2. The molecule has 0 saturated carbocycles. The number of carboxylic acids is 1. The van der Waals surface area contributed by atoms with Gasteiger partial charge in [-0.2, -0.15) is 4.68 Å². The molecule has 0 atom stereocenters. The molecule has 0 aliphatic heterocycles. The van der Waals surface area contributed by atoms with Gasteiger partial charge in [-0.05, 0) is 24.3 Å². The molecule has 0 unspecified atom stereocenters. The molecule has 2 heterocycles. The Kier molecular flexibility index (Phi) is 2.23. The van der Waals surface area contributed by atoms with Gasteiger partial charge in [0.15, 0.2) is 11.5 Å². The lowest BCUT2D eigenvalue weighted by Crippen LogP contribution is -2.06. The van der Waals surface area contributed by atoms with Crippen molar-refractivity contribution in [2.45, 2.75) is 0 Å². The van der Waals surface area contributed by atoms with Crippen LogP contribution >= 0.6 is 0 Å². The van der Waals surface area contributed by atoms with Crippen molar-refractivity contribution in [3.63, 3.8) is 0 Å². The lowest BCUT2D eigenvalue weighted by Gasteiger charge is -1.99. The van der Waals surface area contributed by atoms with E-state index in [-0.39, 0.29) is 5.69 Å². The molecule has 2 aromatic heterocycles. The minimum absolute atomic E-state index is 0.108. The van der Waals surface area contributed by atoms with E-state index in [0.717, 1.165) is 11.0 Å². The Hall–Kier alpha value is -2.83. The Morgan fingerprint density at radius 3 is 2.61 bits per heavy atom. The second-order valence-corrected chi connectivity index (χ2v) is 3.57. The van der Waals surface area contributed by atoms with Crippen molar-refractivity contribution in [2.75, 3.05) is 0 Å². The van der Waals surface area contributed by atoms with E-state index in [1.54, 1.807) is 0 Å². The summed E-state index contributed by atoms with van der Waals surface area (Å²) in [5.41, 5.74) is 1.42. The average Bonchev–Trinajstić information content (AvgIpc) is 2.82. The van der Waals surface area contributed by atoms with E-state index in [9.17, 15) is 4.79 Å². The molecule has 7 heteroatoms. The van der Waals surface area contributed by atoms with E-state index < -0.39 is 5.97 Å². The summed E-state index contributed by atoms with van der Waals surface area (Å²) in [6.07, 6.45) is 0. The van der Waals surface area contributed by atoms with Gasteiger partial charge in [0.25, 0.3) is 0 Å². The highest BCUT2D eigenvalue weighted by atomic mass is 16.4. The Labute approximate surface area is 101 Å². The third-order valence-electron chi connectivity index (χ3n) is 2.44. The number of rotatable bonds is 2. The van der Waals surface area contributed by atoms with Crippen LogP contribution in [0, 0.1) is 0 Å². The minimum Gasteiger partial charge on any atom is -0.476 e. The molecule has 3 aromatic rings. The van der Waals surface area contributed by atoms with Gasteiger partial charge in [0.2, 0.25) is 0 Å². The number of carboxylic acid groups (broad SMARTS) is 1. The van der Waals surface area contributed by atoms with Gasteiger partial charge in [0.05, 0.1) is 5.52 Å². The fraction of sp³-hybridized carbons (Fsp3) is 0. The fourth-order valence-electron chi connectivity index (χ4n) is 1.59. The number of hydrogen-bond acceptors (Lipinski definition) is 5. The standard InChI is InChI=1S/C11H7N5O2/c17-11(18)8-5-6-10(14-12-8)16-9-4-2-1-3-7(9)13-15-16/h1-6H,(H,17,18). The van der Waals surface area contributed by atoms with Gasteiger partial charge in [-0.1, -0.05) is 17.3 Å². The molecule has 7 nitrogen and oxygen atoms in total. The van der Waals surface area contributed by atoms with E-state index in [1.807, 2.05) is 24.3 Å². The van der Waals surface area contributed by atoms with Gasteiger partial charge in [0, 0.05) is 0 Å². The van der Waals surface area contributed by atoms with Crippen molar-refractivity contribution in [1.82, 2.24) is 25.2 Å². The second kappa shape index (κ2) is 3.88. The van der Waals surface area contributed by atoms with Crippen molar-refractivity contribution in [3.8, 4) is 5.82 Å². The van der Waals surface area contributed by atoms with Crippen molar-refractivity contribution >= 4 is 17.0 Å². The van der Waals surface area contributed by atoms with Gasteiger partial charge < -0.3 is 5.11 Å². The highest BCUT2D eigenvalue weighted by molar-refractivity contribution is 5.85. The molecule has 0 bridgehead atoms. The highest BCUT2D eigenvalue weighted by Gasteiger charge is 2.09. The molecule has 0 saturated heterocycles. The summed E-state index contributed by atoms with van der Waals surface area (Å²) >= 11 is 0. The zero-order valence-electron chi connectivity index (χ0n) is 9.06. The number of aromatic nitrogens is 5. The SMILES string of the molecule is O=C(O)c1ccc(-n2nnc3ccccc32)nn1. The first-order valence-corrected chi connectivity index (χ1v) is 5.13. The number of nitrogens with zero attached hydrogens (tertiary/aromatic N) is 5. The summed E-state index contributed by atoms with van der Waals surface area (Å²) < 4.78 is 1.51. The van der Waals surface area contributed by atoms with Crippen LogP contribution in [0.4, 0.5) is 0 Å². The summed E-state index contributed by atoms with van der Waals surface area (Å²) in [5, 5.41) is 24.1. The number of para-hydroxylation sites is 1. The molecule has 0 spiro atoms. The number of fused-ring (bicyclic) bond motifs is 1. The summed E-state index contributed by atoms with van der Waals surface area (Å²) in [7, 11) is 0. The largest absolute Gasteiger partial charge is 0.476 e. The van der Waals surface area contributed by atoms with E-state index in [1.165, 1.54) is 16.8 Å². The van der Waals surface area contributed by atoms with Crippen LogP contribution in [-0.2, 0) is 0 Å². The monoisotopic (exact) mass is 241 g/mol. The van der Waals surface area contributed by atoms with Crippen LogP contribution in [0.2, 0.25) is 0 Å². The zero-order valence-corrected chi connectivity index (χ0v) is 9.06. The maximum Gasteiger partial charge on any atom is 0.356 e. The van der Waals surface area contributed by atoms with Crippen molar-refractivity contribution in [2.24, 2.45) is 0 Å². The Morgan fingerprint density at radius 2 is 1.89 bits per heavy atom. The van der Waals surface area contributed by atoms with Crippen LogP contribution in [0.25, 0.3) is 16.9 Å². The molecule has 18 heavy (non-hydrogen) atoms. The maximum atomic E-state index is 10.7. The lowest BCUT2D eigenvalue weighted by atomic mass is 10.3. The van der Waals surface area contributed by atoms with Crippen LogP contribution < -0.4 is 0 Å². The Bertz CT molecular complexity index is 720. The van der Waals surface area contributed by atoms with E-state index in [4.69, 9.17) is 5.11 Å². The quantitative estimate of drug-likeness (QED) is 0.716. The Morgan fingerprint density at radius 1 is 1.06 bits per heavy atom. The summed E-state index contributed by atoms with van der Waals surface area (Å²) in [6.45, 7) is 0. The van der Waals surface area contributed by atoms with E-state index in [0.29, 0.717) is 5.82 Å².